The average molecular weight is 301 g/mol. The fourth-order valence-electron chi connectivity index (χ4n) is 1.95. The van der Waals surface area contributed by atoms with E-state index in [1.54, 1.807) is 6.07 Å². The molecule has 106 valence electrons. The molecule has 0 aliphatic rings. The number of hydrogen-bond acceptors (Lipinski definition) is 2. The first-order valence-corrected chi connectivity index (χ1v) is 6.24. The van der Waals surface area contributed by atoms with Crippen LogP contribution in [0.5, 0.6) is 0 Å². The van der Waals surface area contributed by atoms with E-state index in [1.165, 1.54) is 18.2 Å². The van der Waals surface area contributed by atoms with Crippen molar-refractivity contribution in [2.75, 3.05) is 0 Å². The predicted octanol–water partition coefficient (Wildman–Crippen LogP) is 3.50. The van der Waals surface area contributed by atoms with Crippen molar-refractivity contribution in [2.24, 2.45) is 5.84 Å². The molecule has 1 unspecified atom stereocenters. The van der Waals surface area contributed by atoms with Crippen LogP contribution in [0, 0.1) is 17.5 Å². The lowest BCUT2D eigenvalue weighted by Crippen LogP contribution is -2.30. The summed E-state index contributed by atoms with van der Waals surface area (Å²) in [6.45, 7) is 0. The number of hydrogen-bond donors (Lipinski definition) is 2. The second kappa shape index (κ2) is 6.26. The van der Waals surface area contributed by atoms with Crippen LogP contribution in [-0.2, 0) is 6.42 Å². The van der Waals surface area contributed by atoms with Gasteiger partial charge in [-0.3, -0.25) is 11.3 Å². The Balaban J connectivity index is 2.28. The third kappa shape index (κ3) is 3.12. The van der Waals surface area contributed by atoms with Crippen LogP contribution in [-0.4, -0.2) is 0 Å². The van der Waals surface area contributed by atoms with Crippen molar-refractivity contribution in [3.63, 3.8) is 0 Å². The fourth-order valence-corrected chi connectivity index (χ4v) is 2.21. The molecule has 0 fully saturated rings. The summed E-state index contributed by atoms with van der Waals surface area (Å²) in [5, 5.41) is -0.0435. The normalized spacial score (nSPS) is 12.4. The van der Waals surface area contributed by atoms with Crippen molar-refractivity contribution in [3.8, 4) is 0 Å². The smallest absolute Gasteiger partial charge is 0.159 e. The van der Waals surface area contributed by atoms with Gasteiger partial charge in [0.1, 0.15) is 5.82 Å². The summed E-state index contributed by atoms with van der Waals surface area (Å²) in [5.41, 5.74) is 3.48. The monoisotopic (exact) mass is 300 g/mol. The van der Waals surface area contributed by atoms with Gasteiger partial charge < -0.3 is 0 Å². The standard InChI is InChI=1S/C14H12ClF3N2/c15-14-9(2-1-3-11(14)17)13(20-19)7-8-4-5-10(16)12(18)6-8/h1-6,13,20H,7,19H2. The zero-order valence-electron chi connectivity index (χ0n) is 10.3. The maximum atomic E-state index is 13.4. The molecule has 1 atom stereocenters. The van der Waals surface area contributed by atoms with Gasteiger partial charge in [-0.25, -0.2) is 13.2 Å². The van der Waals surface area contributed by atoms with Gasteiger partial charge in [0.05, 0.1) is 11.1 Å². The van der Waals surface area contributed by atoms with Crippen LogP contribution in [0.3, 0.4) is 0 Å². The first kappa shape index (κ1) is 14.8. The maximum Gasteiger partial charge on any atom is 0.159 e. The number of benzene rings is 2. The first-order valence-electron chi connectivity index (χ1n) is 5.87. The molecule has 0 aliphatic carbocycles. The highest BCUT2D eigenvalue weighted by molar-refractivity contribution is 6.31. The van der Waals surface area contributed by atoms with Gasteiger partial charge >= 0.3 is 0 Å². The van der Waals surface area contributed by atoms with Crippen LogP contribution in [0.1, 0.15) is 17.2 Å². The summed E-state index contributed by atoms with van der Waals surface area (Å²) >= 11 is 5.88. The molecule has 20 heavy (non-hydrogen) atoms. The van der Waals surface area contributed by atoms with E-state index in [1.807, 2.05) is 0 Å². The SMILES string of the molecule is NNC(Cc1ccc(F)c(F)c1)c1cccc(F)c1Cl. The Morgan fingerprint density at radius 1 is 1.05 bits per heavy atom. The molecule has 0 bridgehead atoms. The molecule has 2 nitrogen and oxygen atoms in total. The quantitative estimate of drug-likeness (QED) is 0.670. The van der Waals surface area contributed by atoms with Crippen LogP contribution in [0.2, 0.25) is 5.02 Å². The molecule has 0 amide bonds. The maximum absolute atomic E-state index is 13.4. The van der Waals surface area contributed by atoms with Gasteiger partial charge in [-0.15, -0.1) is 0 Å². The Morgan fingerprint density at radius 2 is 1.80 bits per heavy atom. The summed E-state index contributed by atoms with van der Waals surface area (Å²) < 4.78 is 39.5. The van der Waals surface area contributed by atoms with E-state index in [2.05, 4.69) is 5.43 Å². The van der Waals surface area contributed by atoms with Gasteiger partial charge in [0.2, 0.25) is 0 Å². The summed E-state index contributed by atoms with van der Waals surface area (Å²) in [5.74, 6) is 3.02. The first-order chi connectivity index (χ1) is 9.52. The molecule has 0 saturated carbocycles. The van der Waals surface area contributed by atoms with Gasteiger partial charge in [0.25, 0.3) is 0 Å². The van der Waals surface area contributed by atoms with E-state index in [9.17, 15) is 13.2 Å². The highest BCUT2D eigenvalue weighted by atomic mass is 35.5. The third-order valence-corrected chi connectivity index (χ3v) is 3.38. The number of hydrazine groups is 1. The van der Waals surface area contributed by atoms with Crippen molar-refractivity contribution >= 4 is 11.6 Å². The minimum Gasteiger partial charge on any atom is -0.271 e. The van der Waals surface area contributed by atoms with Gasteiger partial charge in [-0.1, -0.05) is 29.8 Å². The Hall–Kier alpha value is -1.56. The third-order valence-electron chi connectivity index (χ3n) is 2.98. The van der Waals surface area contributed by atoms with Crippen LogP contribution >= 0.6 is 11.6 Å². The zero-order valence-corrected chi connectivity index (χ0v) is 11.1. The molecule has 0 saturated heterocycles. The van der Waals surface area contributed by atoms with Crippen molar-refractivity contribution in [3.05, 3.63) is 70.0 Å². The van der Waals surface area contributed by atoms with Gasteiger partial charge in [0, 0.05) is 0 Å². The number of nitrogens with two attached hydrogens (primary N) is 1. The minimum absolute atomic E-state index is 0.0435. The molecule has 2 aromatic carbocycles. The zero-order chi connectivity index (χ0) is 14.7. The molecule has 6 heteroatoms. The summed E-state index contributed by atoms with van der Waals surface area (Å²) in [6, 6.07) is 7.40. The number of nitrogens with one attached hydrogen (secondary N) is 1. The Morgan fingerprint density at radius 3 is 2.45 bits per heavy atom. The van der Waals surface area contributed by atoms with E-state index < -0.39 is 23.5 Å². The summed E-state index contributed by atoms with van der Waals surface area (Å²) in [6.07, 6.45) is 0.247. The predicted molar refractivity (Wildman–Crippen MR) is 71.5 cm³/mol. The van der Waals surface area contributed by atoms with Crippen molar-refractivity contribution in [1.29, 1.82) is 0 Å². The van der Waals surface area contributed by atoms with E-state index in [0.29, 0.717) is 11.1 Å². The molecular formula is C14H12ClF3N2. The lowest BCUT2D eigenvalue weighted by atomic mass is 9.99. The molecule has 3 N–H and O–H groups in total. The van der Waals surface area contributed by atoms with Crippen LogP contribution in [0.4, 0.5) is 13.2 Å². The molecule has 0 aliphatic heterocycles. The van der Waals surface area contributed by atoms with Crippen LogP contribution in [0.25, 0.3) is 0 Å². The van der Waals surface area contributed by atoms with E-state index in [-0.39, 0.29) is 11.4 Å². The minimum atomic E-state index is -0.941. The molecule has 0 heterocycles. The topological polar surface area (TPSA) is 38.0 Å². The van der Waals surface area contributed by atoms with Crippen molar-refractivity contribution in [1.82, 2.24) is 5.43 Å². The molecule has 2 aromatic rings. The van der Waals surface area contributed by atoms with Crippen LogP contribution in [0.15, 0.2) is 36.4 Å². The van der Waals surface area contributed by atoms with Crippen molar-refractivity contribution < 1.29 is 13.2 Å². The summed E-state index contributed by atoms with van der Waals surface area (Å²) in [4.78, 5) is 0. The van der Waals surface area contributed by atoms with E-state index >= 15 is 0 Å². The second-order valence-corrected chi connectivity index (χ2v) is 4.69. The van der Waals surface area contributed by atoms with Crippen LogP contribution < -0.4 is 11.3 Å². The largest absolute Gasteiger partial charge is 0.271 e. The van der Waals surface area contributed by atoms with E-state index in [0.717, 1.165) is 12.1 Å². The molecule has 2 rings (SSSR count). The van der Waals surface area contributed by atoms with Crippen molar-refractivity contribution in [2.45, 2.75) is 12.5 Å². The number of halogens is 4. The van der Waals surface area contributed by atoms with E-state index in [4.69, 9.17) is 17.4 Å². The average Bonchev–Trinajstić information content (AvgIpc) is 2.43. The number of rotatable bonds is 4. The highest BCUT2D eigenvalue weighted by Gasteiger charge is 2.17. The van der Waals surface area contributed by atoms with Gasteiger partial charge in [0.15, 0.2) is 11.6 Å². The second-order valence-electron chi connectivity index (χ2n) is 4.31. The fraction of sp³-hybridized carbons (Fsp3) is 0.143. The lowest BCUT2D eigenvalue weighted by molar-refractivity contribution is 0.502. The molecule has 0 spiro atoms. The lowest BCUT2D eigenvalue weighted by Gasteiger charge is -2.18. The Kier molecular flexibility index (Phi) is 4.65. The Labute approximate surface area is 119 Å². The molecule has 0 aromatic heterocycles. The Bertz CT molecular complexity index is 619. The highest BCUT2D eigenvalue weighted by Crippen LogP contribution is 2.27. The summed E-state index contributed by atoms with van der Waals surface area (Å²) in [7, 11) is 0. The van der Waals surface area contributed by atoms with Gasteiger partial charge in [-0.2, -0.15) is 0 Å². The van der Waals surface area contributed by atoms with Gasteiger partial charge in [-0.05, 0) is 35.7 Å². The molecular weight excluding hydrogens is 289 g/mol. The molecule has 0 radical (unpaired) electrons.